The fourth-order valence-corrected chi connectivity index (χ4v) is 3.61. The number of morpholine rings is 1. The Kier molecular flexibility index (Phi) is 10.4. The maximum absolute atomic E-state index is 5.78. The number of guanidine groups is 1. The number of rotatable bonds is 9. The lowest BCUT2D eigenvalue weighted by molar-refractivity contribution is -0.0679. The molecule has 0 spiro atoms. The van der Waals surface area contributed by atoms with Crippen molar-refractivity contribution in [2.75, 3.05) is 46.3 Å². The zero-order chi connectivity index (χ0) is 18.8. The molecule has 0 aliphatic carbocycles. The van der Waals surface area contributed by atoms with Gasteiger partial charge in [-0.05, 0) is 48.0 Å². The standard InChI is InChI=1S/C19H41N5O/c1-15(2)24(16(3)4)12-10-22-19(20-7)21-9-8-11-23-13-17(5)25-18(6)14-23/h15-18H,8-14H2,1-7H3,(H2,20,21,22). The third kappa shape index (κ3) is 8.88. The Morgan fingerprint density at radius 1 is 1.08 bits per heavy atom. The summed E-state index contributed by atoms with van der Waals surface area (Å²) in [5.41, 5.74) is 0. The zero-order valence-electron chi connectivity index (χ0n) is 17.5. The first-order valence-corrected chi connectivity index (χ1v) is 9.91. The van der Waals surface area contributed by atoms with Gasteiger partial charge < -0.3 is 15.4 Å². The van der Waals surface area contributed by atoms with Gasteiger partial charge in [-0.1, -0.05) is 0 Å². The molecule has 0 aromatic carbocycles. The second-order valence-electron chi connectivity index (χ2n) is 7.72. The Labute approximate surface area is 155 Å². The van der Waals surface area contributed by atoms with Gasteiger partial charge in [0.15, 0.2) is 5.96 Å². The Morgan fingerprint density at radius 2 is 1.64 bits per heavy atom. The summed E-state index contributed by atoms with van der Waals surface area (Å²) < 4.78 is 5.78. The second kappa shape index (κ2) is 11.7. The van der Waals surface area contributed by atoms with Crippen molar-refractivity contribution in [2.45, 2.75) is 72.3 Å². The number of ether oxygens (including phenoxy) is 1. The lowest BCUT2D eigenvalue weighted by atomic mass is 10.2. The molecule has 1 fully saturated rings. The van der Waals surface area contributed by atoms with Crippen molar-refractivity contribution in [3.63, 3.8) is 0 Å². The first-order valence-electron chi connectivity index (χ1n) is 9.91. The van der Waals surface area contributed by atoms with Crippen LogP contribution >= 0.6 is 0 Å². The summed E-state index contributed by atoms with van der Waals surface area (Å²) in [5.74, 6) is 0.899. The number of aliphatic imine (C=N–C) groups is 1. The van der Waals surface area contributed by atoms with E-state index in [1.54, 1.807) is 0 Å². The average molecular weight is 356 g/mol. The predicted molar refractivity (Wildman–Crippen MR) is 107 cm³/mol. The van der Waals surface area contributed by atoms with Crippen molar-refractivity contribution >= 4 is 5.96 Å². The van der Waals surface area contributed by atoms with Gasteiger partial charge in [-0.2, -0.15) is 0 Å². The molecule has 2 unspecified atom stereocenters. The first-order chi connectivity index (χ1) is 11.8. The molecule has 1 saturated heterocycles. The fourth-order valence-electron chi connectivity index (χ4n) is 3.61. The lowest BCUT2D eigenvalue weighted by Gasteiger charge is -2.35. The smallest absolute Gasteiger partial charge is 0.191 e. The Bertz CT molecular complexity index is 368. The van der Waals surface area contributed by atoms with Crippen LogP contribution in [0.1, 0.15) is 48.0 Å². The molecule has 0 amide bonds. The monoisotopic (exact) mass is 355 g/mol. The minimum atomic E-state index is 0.344. The maximum Gasteiger partial charge on any atom is 0.191 e. The van der Waals surface area contributed by atoms with Gasteiger partial charge in [0.2, 0.25) is 0 Å². The number of nitrogens with zero attached hydrogens (tertiary/aromatic N) is 3. The molecule has 148 valence electrons. The van der Waals surface area contributed by atoms with Gasteiger partial charge in [0.1, 0.15) is 0 Å². The molecular weight excluding hydrogens is 314 g/mol. The van der Waals surface area contributed by atoms with Crippen LogP contribution in [0.4, 0.5) is 0 Å². The highest BCUT2D eigenvalue weighted by Gasteiger charge is 2.21. The summed E-state index contributed by atoms with van der Waals surface area (Å²) in [4.78, 5) is 9.31. The molecule has 0 saturated carbocycles. The van der Waals surface area contributed by atoms with Crippen LogP contribution in [0, 0.1) is 0 Å². The third-order valence-electron chi connectivity index (χ3n) is 4.65. The molecule has 1 aliphatic rings. The largest absolute Gasteiger partial charge is 0.373 e. The quantitative estimate of drug-likeness (QED) is 0.375. The first kappa shape index (κ1) is 22.2. The van der Waals surface area contributed by atoms with Gasteiger partial charge in [-0.15, -0.1) is 0 Å². The molecule has 0 radical (unpaired) electrons. The molecule has 2 N–H and O–H groups in total. The van der Waals surface area contributed by atoms with Crippen molar-refractivity contribution in [1.29, 1.82) is 0 Å². The van der Waals surface area contributed by atoms with Crippen LogP contribution in [-0.2, 0) is 4.74 Å². The van der Waals surface area contributed by atoms with E-state index in [1.165, 1.54) is 0 Å². The summed E-state index contributed by atoms with van der Waals surface area (Å²) in [6.45, 7) is 19.4. The molecular formula is C19H41N5O. The highest BCUT2D eigenvalue weighted by Crippen LogP contribution is 2.10. The summed E-state index contributed by atoms with van der Waals surface area (Å²) in [6.07, 6.45) is 1.80. The van der Waals surface area contributed by atoms with Crippen molar-refractivity contribution in [3.8, 4) is 0 Å². The van der Waals surface area contributed by atoms with Crippen LogP contribution in [0.2, 0.25) is 0 Å². The maximum atomic E-state index is 5.78. The molecule has 0 aromatic rings. The molecule has 0 aromatic heterocycles. The van der Waals surface area contributed by atoms with E-state index in [-0.39, 0.29) is 0 Å². The highest BCUT2D eigenvalue weighted by molar-refractivity contribution is 5.79. The number of hydrogen-bond acceptors (Lipinski definition) is 4. The topological polar surface area (TPSA) is 52.1 Å². The molecule has 25 heavy (non-hydrogen) atoms. The molecule has 1 aliphatic heterocycles. The molecule has 0 bridgehead atoms. The van der Waals surface area contributed by atoms with Gasteiger partial charge in [-0.3, -0.25) is 14.8 Å². The predicted octanol–water partition coefficient (Wildman–Crippen LogP) is 1.77. The Balaban J connectivity index is 2.19. The minimum Gasteiger partial charge on any atom is -0.373 e. The zero-order valence-corrected chi connectivity index (χ0v) is 17.5. The number of hydrogen-bond donors (Lipinski definition) is 2. The van der Waals surface area contributed by atoms with Gasteiger partial charge in [-0.25, -0.2) is 0 Å². The minimum absolute atomic E-state index is 0.344. The summed E-state index contributed by atoms with van der Waals surface area (Å²) in [6, 6.07) is 1.13. The Morgan fingerprint density at radius 3 is 2.16 bits per heavy atom. The summed E-state index contributed by atoms with van der Waals surface area (Å²) in [5, 5.41) is 6.85. The van der Waals surface area contributed by atoms with E-state index in [0.29, 0.717) is 24.3 Å². The van der Waals surface area contributed by atoms with E-state index in [9.17, 15) is 0 Å². The van der Waals surface area contributed by atoms with Crippen molar-refractivity contribution < 1.29 is 4.74 Å². The molecule has 1 heterocycles. The van der Waals surface area contributed by atoms with Crippen molar-refractivity contribution in [1.82, 2.24) is 20.4 Å². The normalized spacial score (nSPS) is 22.9. The van der Waals surface area contributed by atoms with Gasteiger partial charge in [0.25, 0.3) is 0 Å². The molecule has 1 rings (SSSR count). The van der Waals surface area contributed by atoms with E-state index in [1.807, 2.05) is 7.05 Å². The molecule has 6 nitrogen and oxygen atoms in total. The van der Waals surface area contributed by atoms with Crippen LogP contribution in [0.15, 0.2) is 4.99 Å². The average Bonchev–Trinajstić information content (AvgIpc) is 2.51. The van der Waals surface area contributed by atoms with Gasteiger partial charge in [0.05, 0.1) is 12.2 Å². The van der Waals surface area contributed by atoms with E-state index in [2.05, 4.69) is 67.0 Å². The fraction of sp³-hybridized carbons (Fsp3) is 0.947. The van der Waals surface area contributed by atoms with E-state index < -0.39 is 0 Å². The van der Waals surface area contributed by atoms with Crippen LogP contribution in [0.3, 0.4) is 0 Å². The van der Waals surface area contributed by atoms with Crippen LogP contribution < -0.4 is 10.6 Å². The van der Waals surface area contributed by atoms with Crippen molar-refractivity contribution in [2.24, 2.45) is 4.99 Å². The second-order valence-corrected chi connectivity index (χ2v) is 7.72. The lowest BCUT2D eigenvalue weighted by Crippen LogP contribution is -2.47. The summed E-state index contributed by atoms with van der Waals surface area (Å²) >= 11 is 0. The molecule has 2 atom stereocenters. The SMILES string of the molecule is CN=C(NCCCN1CC(C)OC(C)C1)NCCN(C(C)C)C(C)C. The van der Waals surface area contributed by atoms with Crippen LogP contribution in [0.5, 0.6) is 0 Å². The summed E-state index contributed by atoms with van der Waals surface area (Å²) in [7, 11) is 1.84. The van der Waals surface area contributed by atoms with E-state index in [4.69, 9.17) is 4.74 Å². The van der Waals surface area contributed by atoms with E-state index >= 15 is 0 Å². The Hall–Kier alpha value is -0.850. The highest BCUT2D eigenvalue weighted by atomic mass is 16.5. The number of nitrogens with one attached hydrogen (secondary N) is 2. The van der Waals surface area contributed by atoms with Gasteiger partial charge >= 0.3 is 0 Å². The molecule has 6 heteroatoms. The van der Waals surface area contributed by atoms with Crippen LogP contribution in [0.25, 0.3) is 0 Å². The van der Waals surface area contributed by atoms with Crippen molar-refractivity contribution in [3.05, 3.63) is 0 Å². The van der Waals surface area contributed by atoms with Crippen LogP contribution in [-0.4, -0.2) is 86.4 Å². The van der Waals surface area contributed by atoms with Gasteiger partial charge in [0, 0.05) is 58.4 Å². The van der Waals surface area contributed by atoms with E-state index in [0.717, 1.165) is 51.6 Å². The third-order valence-corrected chi connectivity index (χ3v) is 4.65.